The SMILES string of the molecule is Cc1cc(Oc2cc3c(cc2C)C(C)(C)c2cccc4c5cccnc5n-3c24)cc(C2=N[C@@H]3Cc4ccccc4[C@@H]3O2)c1. The van der Waals surface area contributed by atoms with Gasteiger partial charge in [-0.25, -0.2) is 9.98 Å². The molecule has 2 aromatic heterocycles. The zero-order valence-electron chi connectivity index (χ0n) is 24.7. The zero-order valence-corrected chi connectivity index (χ0v) is 24.7. The smallest absolute Gasteiger partial charge is 0.217 e. The highest BCUT2D eigenvalue weighted by Crippen LogP contribution is 2.49. The zero-order chi connectivity index (χ0) is 29.0. The summed E-state index contributed by atoms with van der Waals surface area (Å²) in [5.41, 5.74) is 11.5. The third kappa shape index (κ3) is 3.45. The van der Waals surface area contributed by atoms with E-state index < -0.39 is 0 Å². The van der Waals surface area contributed by atoms with E-state index >= 15 is 0 Å². The lowest BCUT2D eigenvalue weighted by Crippen LogP contribution is -2.26. The first-order valence-corrected chi connectivity index (χ1v) is 15.0. The van der Waals surface area contributed by atoms with Crippen molar-refractivity contribution in [3.8, 4) is 17.2 Å². The standard InChI is InChI=1S/C38H31N3O2/c1-21-15-24(37-40-31-19-23-9-5-6-10-26(23)35(31)43-37)18-25(16-21)42-33-20-32-30(17-22(33)2)38(3,4)29-13-7-11-27-28-12-8-14-39-36(28)41(32)34(27)29/h5-18,20,31,35H,19H2,1-4H3/t31-,35+/m1/s1. The molecule has 0 N–H and O–H groups in total. The van der Waals surface area contributed by atoms with Crippen molar-refractivity contribution >= 4 is 27.8 Å². The van der Waals surface area contributed by atoms with Gasteiger partial charge in [0, 0.05) is 34.0 Å². The number of pyridine rings is 1. The number of aliphatic imine (C=N–C) groups is 1. The fourth-order valence-corrected chi connectivity index (χ4v) is 7.54. The summed E-state index contributed by atoms with van der Waals surface area (Å²) in [5, 5.41) is 2.40. The summed E-state index contributed by atoms with van der Waals surface area (Å²) < 4.78 is 15.5. The topological polar surface area (TPSA) is 48.6 Å². The van der Waals surface area contributed by atoms with Crippen LogP contribution in [0.5, 0.6) is 11.5 Å². The van der Waals surface area contributed by atoms with Crippen LogP contribution in [0.1, 0.15) is 58.9 Å². The molecule has 6 aromatic rings. The van der Waals surface area contributed by atoms with Crippen molar-refractivity contribution in [2.24, 2.45) is 4.99 Å². The summed E-state index contributed by atoms with van der Waals surface area (Å²) >= 11 is 0. The second-order valence-corrected chi connectivity index (χ2v) is 12.8. The Bertz CT molecular complexity index is 2190. The van der Waals surface area contributed by atoms with E-state index in [4.69, 9.17) is 19.5 Å². The minimum absolute atomic E-state index is 0.00737. The number of nitrogens with zero attached hydrogens (tertiary/aromatic N) is 3. The van der Waals surface area contributed by atoms with Gasteiger partial charge in [-0.15, -0.1) is 0 Å². The first-order valence-electron chi connectivity index (χ1n) is 15.0. The van der Waals surface area contributed by atoms with Gasteiger partial charge in [-0.2, -0.15) is 0 Å². The average Bonchev–Trinajstić information content (AvgIpc) is 3.67. The molecular formula is C38H31N3O2. The van der Waals surface area contributed by atoms with Crippen LogP contribution in [0, 0.1) is 13.8 Å². The molecule has 5 heteroatoms. The molecule has 0 spiro atoms. The number of para-hydroxylation sites is 1. The van der Waals surface area contributed by atoms with Gasteiger partial charge < -0.3 is 9.47 Å². The van der Waals surface area contributed by atoms with E-state index in [9.17, 15) is 0 Å². The highest BCUT2D eigenvalue weighted by molar-refractivity contribution is 6.10. The van der Waals surface area contributed by atoms with Gasteiger partial charge >= 0.3 is 0 Å². The van der Waals surface area contributed by atoms with Crippen molar-refractivity contribution in [2.45, 2.75) is 51.7 Å². The maximum Gasteiger partial charge on any atom is 0.217 e. The van der Waals surface area contributed by atoms with Crippen LogP contribution >= 0.6 is 0 Å². The number of hydrogen-bond acceptors (Lipinski definition) is 4. The maximum atomic E-state index is 6.70. The lowest BCUT2D eigenvalue weighted by Gasteiger charge is -2.35. The van der Waals surface area contributed by atoms with Crippen LogP contribution in [0.25, 0.3) is 27.6 Å². The molecule has 210 valence electrons. The molecule has 0 saturated carbocycles. The third-order valence-corrected chi connectivity index (χ3v) is 9.62. The Labute approximate surface area is 250 Å². The van der Waals surface area contributed by atoms with E-state index in [0.717, 1.165) is 45.9 Å². The summed E-state index contributed by atoms with van der Waals surface area (Å²) in [5.74, 6) is 2.31. The molecule has 0 amide bonds. The molecule has 0 fully saturated rings. The largest absolute Gasteiger partial charge is 0.467 e. The molecule has 2 aliphatic heterocycles. The summed E-state index contributed by atoms with van der Waals surface area (Å²) in [4.78, 5) is 9.86. The average molecular weight is 562 g/mol. The number of rotatable bonds is 3. The second-order valence-electron chi connectivity index (χ2n) is 12.8. The van der Waals surface area contributed by atoms with Crippen molar-refractivity contribution in [3.05, 3.63) is 130 Å². The predicted octanol–water partition coefficient (Wildman–Crippen LogP) is 8.67. The third-order valence-electron chi connectivity index (χ3n) is 9.62. The van der Waals surface area contributed by atoms with Gasteiger partial charge in [0.05, 0.1) is 17.2 Å². The number of aromatic nitrogens is 2. The molecule has 3 aliphatic rings. The van der Waals surface area contributed by atoms with Crippen LogP contribution in [0.15, 0.2) is 96.1 Å². The summed E-state index contributed by atoms with van der Waals surface area (Å²) in [6, 6.07) is 30.2. The summed E-state index contributed by atoms with van der Waals surface area (Å²) in [7, 11) is 0. The molecule has 0 bridgehead atoms. The molecule has 2 atom stereocenters. The molecule has 4 heterocycles. The van der Waals surface area contributed by atoms with Crippen molar-refractivity contribution in [2.75, 3.05) is 0 Å². The Morgan fingerprint density at radius 3 is 2.65 bits per heavy atom. The van der Waals surface area contributed by atoms with E-state index in [1.165, 1.54) is 38.5 Å². The van der Waals surface area contributed by atoms with Gasteiger partial charge in [0.15, 0.2) is 0 Å². The van der Waals surface area contributed by atoms with Gasteiger partial charge in [0.25, 0.3) is 0 Å². The minimum atomic E-state index is -0.173. The summed E-state index contributed by atoms with van der Waals surface area (Å²) in [6.07, 6.45) is 2.79. The fraction of sp³-hybridized carbons (Fsp3) is 0.211. The van der Waals surface area contributed by atoms with E-state index in [1.807, 2.05) is 12.3 Å². The number of fused-ring (bicyclic) bond motifs is 8. The van der Waals surface area contributed by atoms with Gasteiger partial charge in [-0.3, -0.25) is 4.57 Å². The molecule has 9 rings (SSSR count). The number of hydrogen-bond donors (Lipinski definition) is 0. The van der Waals surface area contributed by atoms with Crippen LogP contribution in [0.4, 0.5) is 0 Å². The van der Waals surface area contributed by atoms with Crippen molar-refractivity contribution in [1.29, 1.82) is 0 Å². The Morgan fingerprint density at radius 2 is 1.74 bits per heavy atom. The Kier molecular flexibility index (Phi) is 4.92. The predicted molar refractivity (Wildman–Crippen MR) is 171 cm³/mol. The van der Waals surface area contributed by atoms with Crippen molar-refractivity contribution in [3.63, 3.8) is 0 Å². The summed E-state index contributed by atoms with van der Waals surface area (Å²) in [6.45, 7) is 8.86. The number of benzene rings is 4. The lowest BCUT2D eigenvalue weighted by molar-refractivity contribution is 0.209. The van der Waals surface area contributed by atoms with E-state index in [2.05, 4.69) is 111 Å². The van der Waals surface area contributed by atoms with Crippen LogP contribution in [-0.4, -0.2) is 21.5 Å². The van der Waals surface area contributed by atoms with Gasteiger partial charge in [0.1, 0.15) is 23.3 Å². The fourth-order valence-electron chi connectivity index (χ4n) is 7.54. The van der Waals surface area contributed by atoms with E-state index in [0.29, 0.717) is 5.90 Å². The molecular weight excluding hydrogens is 530 g/mol. The molecule has 5 nitrogen and oxygen atoms in total. The minimum Gasteiger partial charge on any atom is -0.467 e. The van der Waals surface area contributed by atoms with Crippen LogP contribution in [0.3, 0.4) is 0 Å². The van der Waals surface area contributed by atoms with E-state index in [1.54, 1.807) is 0 Å². The second kappa shape index (κ2) is 8.57. The van der Waals surface area contributed by atoms with Crippen LogP contribution in [-0.2, 0) is 16.6 Å². The van der Waals surface area contributed by atoms with Crippen molar-refractivity contribution < 1.29 is 9.47 Å². The monoisotopic (exact) mass is 561 g/mol. The van der Waals surface area contributed by atoms with Gasteiger partial charge in [-0.05, 0) is 90.0 Å². The molecule has 0 radical (unpaired) electrons. The molecule has 0 saturated heterocycles. The Morgan fingerprint density at radius 1 is 0.884 bits per heavy atom. The number of aryl methyl sites for hydroxylation is 2. The lowest BCUT2D eigenvalue weighted by atomic mass is 9.74. The number of ether oxygens (including phenoxy) is 2. The first-order chi connectivity index (χ1) is 20.9. The normalized spacial score (nSPS) is 19.1. The van der Waals surface area contributed by atoms with Crippen LogP contribution < -0.4 is 4.74 Å². The molecule has 0 unspecified atom stereocenters. The Hall–Kier alpha value is -4.90. The van der Waals surface area contributed by atoms with Crippen molar-refractivity contribution in [1.82, 2.24) is 9.55 Å². The maximum absolute atomic E-state index is 6.70. The van der Waals surface area contributed by atoms with Crippen LogP contribution in [0.2, 0.25) is 0 Å². The first kappa shape index (κ1) is 24.7. The quantitative estimate of drug-likeness (QED) is 0.217. The van der Waals surface area contributed by atoms with Gasteiger partial charge in [-0.1, -0.05) is 56.3 Å². The van der Waals surface area contributed by atoms with E-state index in [-0.39, 0.29) is 17.6 Å². The highest BCUT2D eigenvalue weighted by atomic mass is 16.5. The molecule has 1 aliphatic carbocycles. The molecule has 43 heavy (non-hydrogen) atoms. The Balaban J connectivity index is 1.13. The highest BCUT2D eigenvalue weighted by Gasteiger charge is 2.40. The molecule has 4 aromatic carbocycles. The van der Waals surface area contributed by atoms with Gasteiger partial charge in [0.2, 0.25) is 5.90 Å².